The van der Waals surface area contributed by atoms with Gasteiger partial charge in [0.1, 0.15) is 5.69 Å². The summed E-state index contributed by atoms with van der Waals surface area (Å²) in [5, 5.41) is 16.8. The smallest absolute Gasteiger partial charge is 0.270 e. The van der Waals surface area contributed by atoms with Crippen LogP contribution in [0.5, 0.6) is 0 Å². The van der Waals surface area contributed by atoms with E-state index in [-0.39, 0.29) is 11.4 Å². The highest BCUT2D eigenvalue weighted by Crippen LogP contribution is 2.22. The fourth-order valence-corrected chi connectivity index (χ4v) is 0.855. The molecule has 0 aliphatic heterocycles. The monoisotopic (exact) mass is 193 g/mol. The molecule has 0 amide bonds. The second-order valence-electron chi connectivity index (χ2n) is 2.26. The van der Waals surface area contributed by atoms with Crippen LogP contribution in [0.1, 0.15) is 0 Å². The Hall–Kier alpha value is -2.31. The number of rotatable bonds is 4. The van der Waals surface area contributed by atoms with Gasteiger partial charge < -0.3 is 0 Å². The van der Waals surface area contributed by atoms with Crippen LogP contribution in [0.3, 0.4) is 0 Å². The molecule has 72 valence electrons. The number of hydrogen-bond donors (Lipinski definition) is 2. The third kappa shape index (κ3) is 2.34. The molecular formula is C7H7N5O2. The minimum Gasteiger partial charge on any atom is -0.270 e. The Morgan fingerprint density at radius 1 is 1.50 bits per heavy atom. The Morgan fingerprint density at radius 2 is 2.21 bits per heavy atom. The number of benzene rings is 1. The summed E-state index contributed by atoms with van der Waals surface area (Å²) < 4.78 is 0. The van der Waals surface area contributed by atoms with Gasteiger partial charge in [-0.05, 0) is 6.07 Å². The molecule has 7 heteroatoms. The number of hydrazone groups is 1. The molecular weight excluding hydrogens is 186 g/mol. The highest BCUT2D eigenvalue weighted by atomic mass is 16.6. The molecule has 0 saturated heterocycles. The summed E-state index contributed by atoms with van der Waals surface area (Å²) in [6.07, 6.45) is 0.941. The summed E-state index contributed by atoms with van der Waals surface area (Å²) in [7, 11) is 0. The highest BCUT2D eigenvalue weighted by molar-refractivity contribution is 5.63. The fraction of sp³-hybridized carbons (Fsp3) is 0. The first kappa shape index (κ1) is 9.78. The van der Waals surface area contributed by atoms with Gasteiger partial charge in [-0.25, -0.2) is 5.53 Å². The van der Waals surface area contributed by atoms with Crippen LogP contribution in [-0.4, -0.2) is 11.3 Å². The van der Waals surface area contributed by atoms with Crippen molar-refractivity contribution in [3.8, 4) is 0 Å². The Bertz CT molecular complexity index is 376. The molecule has 0 aliphatic carbocycles. The van der Waals surface area contributed by atoms with Gasteiger partial charge in [0.05, 0.1) is 4.92 Å². The molecule has 0 radical (unpaired) electrons. The van der Waals surface area contributed by atoms with Crippen molar-refractivity contribution in [2.75, 3.05) is 5.43 Å². The lowest BCUT2D eigenvalue weighted by molar-refractivity contribution is -0.384. The van der Waals surface area contributed by atoms with E-state index in [4.69, 9.17) is 5.53 Å². The van der Waals surface area contributed by atoms with Gasteiger partial charge in [-0.3, -0.25) is 15.5 Å². The zero-order chi connectivity index (χ0) is 10.4. The average Bonchev–Trinajstić information content (AvgIpc) is 2.19. The van der Waals surface area contributed by atoms with Gasteiger partial charge in [0.25, 0.3) is 5.69 Å². The van der Waals surface area contributed by atoms with E-state index < -0.39 is 4.92 Å². The van der Waals surface area contributed by atoms with Crippen LogP contribution in [0.4, 0.5) is 11.4 Å². The normalized spacial score (nSPS) is 10.0. The number of nitro groups is 1. The van der Waals surface area contributed by atoms with Crippen LogP contribution >= 0.6 is 0 Å². The van der Waals surface area contributed by atoms with Crippen LogP contribution in [-0.2, 0) is 0 Å². The molecule has 0 unspecified atom stereocenters. The molecule has 7 nitrogen and oxygen atoms in total. The maximum Gasteiger partial charge on any atom is 0.294 e. The topological polar surface area (TPSA) is 104 Å². The maximum atomic E-state index is 10.5. The quantitative estimate of drug-likeness (QED) is 0.251. The molecule has 1 aromatic carbocycles. The van der Waals surface area contributed by atoms with Crippen molar-refractivity contribution in [2.45, 2.75) is 0 Å². The molecule has 0 bridgehead atoms. The molecule has 0 saturated carbocycles. The average molecular weight is 193 g/mol. The van der Waals surface area contributed by atoms with Crippen LogP contribution in [0.15, 0.2) is 34.5 Å². The van der Waals surface area contributed by atoms with Gasteiger partial charge in [0.2, 0.25) is 0 Å². The molecule has 0 aromatic heterocycles. The second-order valence-corrected chi connectivity index (χ2v) is 2.26. The largest absolute Gasteiger partial charge is 0.294 e. The van der Waals surface area contributed by atoms with Crippen molar-refractivity contribution in [3.05, 3.63) is 34.4 Å². The van der Waals surface area contributed by atoms with Gasteiger partial charge in [0, 0.05) is 6.07 Å². The van der Waals surface area contributed by atoms with E-state index in [2.05, 4.69) is 15.6 Å². The van der Waals surface area contributed by atoms with Crippen LogP contribution in [0, 0.1) is 15.6 Å². The first-order valence-corrected chi connectivity index (χ1v) is 3.63. The number of nitro benzene ring substituents is 1. The minimum atomic E-state index is -0.518. The summed E-state index contributed by atoms with van der Waals surface area (Å²) in [6, 6.07) is 6.07. The molecule has 0 spiro atoms. The second kappa shape index (κ2) is 4.65. The predicted molar refractivity (Wildman–Crippen MR) is 50.4 cm³/mol. The molecule has 0 heterocycles. The van der Waals surface area contributed by atoms with E-state index in [0.717, 1.165) is 6.34 Å². The van der Waals surface area contributed by atoms with Crippen molar-refractivity contribution < 1.29 is 4.92 Å². The Kier molecular flexibility index (Phi) is 3.25. The molecule has 0 aliphatic rings. The molecule has 14 heavy (non-hydrogen) atoms. The predicted octanol–water partition coefficient (Wildman–Crippen LogP) is 1.98. The van der Waals surface area contributed by atoms with E-state index in [0.29, 0.717) is 0 Å². The molecule has 0 fully saturated rings. The lowest BCUT2D eigenvalue weighted by Crippen LogP contribution is -1.95. The molecule has 1 aromatic rings. The summed E-state index contributed by atoms with van der Waals surface area (Å²) in [4.78, 5) is 9.99. The SMILES string of the molecule is N=N/C=N/Nc1ccccc1[N+](=O)[O-]. The molecule has 0 atom stereocenters. The molecule has 2 N–H and O–H groups in total. The number of anilines is 1. The van der Waals surface area contributed by atoms with Crippen molar-refractivity contribution >= 4 is 17.7 Å². The first-order chi connectivity index (χ1) is 6.75. The number of hydrogen-bond acceptors (Lipinski definition) is 5. The van der Waals surface area contributed by atoms with Crippen LogP contribution in [0.2, 0.25) is 0 Å². The van der Waals surface area contributed by atoms with Crippen molar-refractivity contribution in [1.82, 2.24) is 0 Å². The van der Waals surface area contributed by atoms with Gasteiger partial charge in [-0.15, -0.1) is 5.11 Å². The van der Waals surface area contributed by atoms with Crippen molar-refractivity contribution in [3.63, 3.8) is 0 Å². The zero-order valence-electron chi connectivity index (χ0n) is 7.04. The summed E-state index contributed by atoms with van der Waals surface area (Å²) in [5.41, 5.74) is 9.01. The zero-order valence-corrected chi connectivity index (χ0v) is 7.04. The number of para-hydroxylation sites is 2. The van der Waals surface area contributed by atoms with Crippen LogP contribution in [0.25, 0.3) is 0 Å². The van der Waals surface area contributed by atoms with Crippen molar-refractivity contribution in [1.29, 1.82) is 5.53 Å². The Labute approximate surface area is 79.1 Å². The summed E-state index contributed by atoms with van der Waals surface area (Å²) >= 11 is 0. The lowest BCUT2D eigenvalue weighted by Gasteiger charge is -1.99. The fourth-order valence-electron chi connectivity index (χ4n) is 0.855. The van der Waals surface area contributed by atoms with E-state index in [1.807, 2.05) is 0 Å². The maximum absolute atomic E-state index is 10.5. The Balaban J connectivity index is 2.89. The van der Waals surface area contributed by atoms with Gasteiger partial charge in [0.15, 0.2) is 6.34 Å². The van der Waals surface area contributed by atoms with Crippen molar-refractivity contribution in [2.24, 2.45) is 10.2 Å². The summed E-state index contributed by atoms with van der Waals surface area (Å²) in [5.74, 6) is 0. The highest BCUT2D eigenvalue weighted by Gasteiger charge is 2.10. The van der Waals surface area contributed by atoms with E-state index >= 15 is 0 Å². The number of nitrogens with one attached hydrogen (secondary N) is 2. The minimum absolute atomic E-state index is 0.0744. The molecule has 1 rings (SSSR count). The van der Waals surface area contributed by atoms with Gasteiger partial charge >= 0.3 is 0 Å². The first-order valence-electron chi connectivity index (χ1n) is 3.63. The number of nitrogens with zero attached hydrogens (tertiary/aromatic N) is 3. The third-order valence-corrected chi connectivity index (χ3v) is 1.40. The van der Waals surface area contributed by atoms with E-state index in [1.165, 1.54) is 12.1 Å². The summed E-state index contributed by atoms with van der Waals surface area (Å²) in [6.45, 7) is 0. The van der Waals surface area contributed by atoms with Crippen LogP contribution < -0.4 is 5.43 Å². The van der Waals surface area contributed by atoms with E-state index in [9.17, 15) is 10.1 Å². The third-order valence-electron chi connectivity index (χ3n) is 1.40. The van der Waals surface area contributed by atoms with Gasteiger partial charge in [-0.1, -0.05) is 12.1 Å². The standard InChI is InChI=1S/C7H7N5O2/c8-9-5-10-11-6-3-1-2-4-7(6)12(13)14/h1-5,8,11H/b9-8?,10-5+. The van der Waals surface area contributed by atoms with E-state index in [1.54, 1.807) is 12.1 Å². The van der Waals surface area contributed by atoms with Gasteiger partial charge in [-0.2, -0.15) is 5.10 Å². The Morgan fingerprint density at radius 3 is 2.86 bits per heavy atom. The lowest BCUT2D eigenvalue weighted by atomic mass is 10.3.